The van der Waals surface area contributed by atoms with Crippen LogP contribution in [0.4, 0.5) is 0 Å². The monoisotopic (exact) mass is 228 g/mol. The van der Waals surface area contributed by atoms with E-state index in [0.717, 1.165) is 24.2 Å². The average molecular weight is 228 g/mol. The molecule has 2 aromatic carbocycles. The topological polar surface area (TPSA) is 29.5 Å². The van der Waals surface area contributed by atoms with Crippen LogP contribution in [-0.2, 0) is 12.8 Å². The van der Waals surface area contributed by atoms with Crippen molar-refractivity contribution in [2.24, 2.45) is 0 Å². The minimum atomic E-state index is 0.306. The van der Waals surface area contributed by atoms with E-state index in [2.05, 4.69) is 12.1 Å². The molecule has 0 bridgehead atoms. The number of ether oxygens (including phenoxy) is 1. The van der Waals surface area contributed by atoms with Crippen molar-refractivity contribution in [2.45, 2.75) is 12.8 Å². The standard InChI is InChI=1S/C15H16O2/c1-17-15-9-5-8-14(16)13(15)11-10-12-6-3-2-4-7-12/h2-9,16H,10-11H2,1H3. The van der Waals surface area contributed by atoms with Crippen LogP contribution in [0.2, 0.25) is 0 Å². The van der Waals surface area contributed by atoms with Gasteiger partial charge in [-0.25, -0.2) is 0 Å². The third-order valence-electron chi connectivity index (χ3n) is 2.83. The van der Waals surface area contributed by atoms with Gasteiger partial charge in [0.25, 0.3) is 0 Å². The average Bonchev–Trinajstić information content (AvgIpc) is 2.38. The first kappa shape index (κ1) is 11.5. The Bertz CT molecular complexity index is 478. The van der Waals surface area contributed by atoms with Gasteiger partial charge >= 0.3 is 0 Å². The molecule has 1 N–H and O–H groups in total. The van der Waals surface area contributed by atoms with Crippen molar-refractivity contribution >= 4 is 0 Å². The highest BCUT2D eigenvalue weighted by molar-refractivity contribution is 5.44. The van der Waals surface area contributed by atoms with Gasteiger partial charge in [-0.2, -0.15) is 0 Å². The van der Waals surface area contributed by atoms with Crippen molar-refractivity contribution in [3.05, 3.63) is 59.7 Å². The Kier molecular flexibility index (Phi) is 3.66. The van der Waals surface area contributed by atoms with Gasteiger partial charge in [0.15, 0.2) is 0 Å². The molecule has 0 saturated heterocycles. The van der Waals surface area contributed by atoms with Crippen molar-refractivity contribution in [3.8, 4) is 11.5 Å². The molecule has 0 fully saturated rings. The van der Waals surface area contributed by atoms with Crippen LogP contribution >= 0.6 is 0 Å². The molecule has 0 saturated carbocycles. The van der Waals surface area contributed by atoms with Gasteiger partial charge in [0.05, 0.1) is 7.11 Å². The van der Waals surface area contributed by atoms with Crippen LogP contribution in [0.1, 0.15) is 11.1 Å². The van der Waals surface area contributed by atoms with E-state index in [4.69, 9.17) is 4.74 Å². The Balaban J connectivity index is 2.14. The summed E-state index contributed by atoms with van der Waals surface area (Å²) in [5, 5.41) is 9.82. The van der Waals surface area contributed by atoms with E-state index in [1.165, 1.54) is 5.56 Å². The normalized spacial score (nSPS) is 10.2. The molecule has 0 heterocycles. The molecule has 0 amide bonds. The third-order valence-corrected chi connectivity index (χ3v) is 2.83. The van der Waals surface area contributed by atoms with Gasteiger partial charge in [0, 0.05) is 5.56 Å². The number of rotatable bonds is 4. The molecule has 2 aromatic rings. The first-order valence-corrected chi connectivity index (χ1v) is 5.70. The fourth-order valence-electron chi connectivity index (χ4n) is 1.91. The minimum Gasteiger partial charge on any atom is -0.508 e. The van der Waals surface area contributed by atoms with Crippen LogP contribution in [-0.4, -0.2) is 12.2 Å². The molecule has 0 aliphatic carbocycles. The lowest BCUT2D eigenvalue weighted by atomic mass is 10.0. The van der Waals surface area contributed by atoms with Crippen LogP contribution in [0.15, 0.2) is 48.5 Å². The summed E-state index contributed by atoms with van der Waals surface area (Å²) in [4.78, 5) is 0. The summed E-state index contributed by atoms with van der Waals surface area (Å²) in [6.07, 6.45) is 1.68. The number of phenolic OH excluding ortho intramolecular Hbond substituents is 1. The number of phenols is 1. The van der Waals surface area contributed by atoms with Crippen molar-refractivity contribution in [1.82, 2.24) is 0 Å². The highest BCUT2D eigenvalue weighted by Crippen LogP contribution is 2.28. The zero-order valence-electron chi connectivity index (χ0n) is 9.89. The van der Waals surface area contributed by atoms with Crippen molar-refractivity contribution in [1.29, 1.82) is 0 Å². The van der Waals surface area contributed by atoms with Gasteiger partial charge < -0.3 is 9.84 Å². The van der Waals surface area contributed by atoms with Crippen LogP contribution in [0, 0.1) is 0 Å². The summed E-state index contributed by atoms with van der Waals surface area (Å²) in [6.45, 7) is 0. The first-order chi connectivity index (χ1) is 8.31. The van der Waals surface area contributed by atoms with E-state index in [1.54, 1.807) is 19.2 Å². The molecule has 2 rings (SSSR count). The molecule has 0 unspecified atom stereocenters. The largest absolute Gasteiger partial charge is 0.508 e. The third kappa shape index (κ3) is 2.78. The van der Waals surface area contributed by atoms with Gasteiger partial charge in [0.2, 0.25) is 0 Å². The highest BCUT2D eigenvalue weighted by Gasteiger charge is 2.07. The lowest BCUT2D eigenvalue weighted by molar-refractivity contribution is 0.399. The number of hydrogen-bond acceptors (Lipinski definition) is 2. The Hall–Kier alpha value is -1.96. The summed E-state index contributed by atoms with van der Waals surface area (Å²) in [5.74, 6) is 1.06. The number of benzene rings is 2. The second kappa shape index (κ2) is 5.39. The van der Waals surface area contributed by atoms with Crippen molar-refractivity contribution < 1.29 is 9.84 Å². The molecule has 0 aliphatic rings. The number of methoxy groups -OCH3 is 1. The minimum absolute atomic E-state index is 0.306. The molecule has 0 atom stereocenters. The zero-order chi connectivity index (χ0) is 12.1. The summed E-state index contributed by atoms with van der Waals surface area (Å²) in [5.41, 5.74) is 2.14. The maximum absolute atomic E-state index is 9.82. The van der Waals surface area contributed by atoms with Crippen molar-refractivity contribution in [2.75, 3.05) is 7.11 Å². The fraction of sp³-hybridized carbons (Fsp3) is 0.200. The quantitative estimate of drug-likeness (QED) is 0.870. The second-order valence-corrected chi connectivity index (χ2v) is 3.94. The van der Waals surface area contributed by atoms with E-state index in [9.17, 15) is 5.11 Å². The molecular weight excluding hydrogens is 212 g/mol. The Morgan fingerprint density at radius 2 is 1.71 bits per heavy atom. The maximum Gasteiger partial charge on any atom is 0.125 e. The van der Waals surface area contributed by atoms with E-state index in [-0.39, 0.29) is 0 Å². The first-order valence-electron chi connectivity index (χ1n) is 5.70. The van der Waals surface area contributed by atoms with Gasteiger partial charge in [-0.1, -0.05) is 36.4 Å². The Morgan fingerprint density at radius 1 is 0.941 bits per heavy atom. The molecular formula is C15H16O2. The second-order valence-electron chi connectivity index (χ2n) is 3.94. The van der Waals surface area contributed by atoms with Gasteiger partial charge in [-0.15, -0.1) is 0 Å². The van der Waals surface area contributed by atoms with Crippen LogP contribution in [0.3, 0.4) is 0 Å². The van der Waals surface area contributed by atoms with E-state index in [1.807, 2.05) is 24.3 Å². The van der Waals surface area contributed by atoms with Crippen LogP contribution in [0.5, 0.6) is 11.5 Å². The predicted molar refractivity (Wildman–Crippen MR) is 68.5 cm³/mol. The van der Waals surface area contributed by atoms with Crippen LogP contribution in [0.25, 0.3) is 0 Å². The number of aromatic hydroxyl groups is 1. The summed E-state index contributed by atoms with van der Waals surface area (Å²) >= 11 is 0. The van der Waals surface area contributed by atoms with E-state index in [0.29, 0.717) is 5.75 Å². The summed E-state index contributed by atoms with van der Waals surface area (Å²) in [6, 6.07) is 15.6. The van der Waals surface area contributed by atoms with Crippen molar-refractivity contribution in [3.63, 3.8) is 0 Å². The van der Waals surface area contributed by atoms with Crippen LogP contribution < -0.4 is 4.74 Å². The molecule has 0 radical (unpaired) electrons. The molecule has 2 nitrogen and oxygen atoms in total. The van der Waals surface area contributed by atoms with Gasteiger partial charge in [-0.05, 0) is 30.5 Å². The Labute approximate surface area is 101 Å². The lowest BCUT2D eigenvalue weighted by Crippen LogP contribution is -1.96. The number of hydrogen-bond donors (Lipinski definition) is 1. The SMILES string of the molecule is COc1cccc(O)c1CCc1ccccc1. The molecule has 0 spiro atoms. The molecule has 0 aromatic heterocycles. The lowest BCUT2D eigenvalue weighted by Gasteiger charge is -2.10. The summed E-state index contributed by atoms with van der Waals surface area (Å²) in [7, 11) is 1.63. The highest BCUT2D eigenvalue weighted by atomic mass is 16.5. The maximum atomic E-state index is 9.82. The molecule has 0 aliphatic heterocycles. The Morgan fingerprint density at radius 3 is 2.41 bits per heavy atom. The number of aryl methyl sites for hydroxylation is 1. The molecule has 17 heavy (non-hydrogen) atoms. The zero-order valence-corrected chi connectivity index (χ0v) is 9.89. The predicted octanol–water partition coefficient (Wildman–Crippen LogP) is 3.19. The molecule has 88 valence electrons. The van der Waals surface area contributed by atoms with Gasteiger partial charge in [0.1, 0.15) is 11.5 Å². The van der Waals surface area contributed by atoms with E-state index >= 15 is 0 Å². The molecule has 2 heteroatoms. The summed E-state index contributed by atoms with van der Waals surface area (Å²) < 4.78 is 5.25. The van der Waals surface area contributed by atoms with Gasteiger partial charge in [-0.3, -0.25) is 0 Å². The van der Waals surface area contributed by atoms with E-state index < -0.39 is 0 Å². The smallest absolute Gasteiger partial charge is 0.125 e. The fourth-order valence-corrected chi connectivity index (χ4v) is 1.91.